The van der Waals surface area contributed by atoms with Gasteiger partial charge < -0.3 is 23.7 Å². The van der Waals surface area contributed by atoms with Gasteiger partial charge in [0.2, 0.25) is 0 Å². The molecule has 194 valence electrons. The van der Waals surface area contributed by atoms with Crippen LogP contribution in [0.2, 0.25) is 0 Å². The molecule has 2 heterocycles. The van der Waals surface area contributed by atoms with Crippen molar-refractivity contribution >= 4 is 23.4 Å². The van der Waals surface area contributed by atoms with Crippen LogP contribution in [0.15, 0.2) is 63.5 Å². The van der Waals surface area contributed by atoms with Crippen molar-refractivity contribution < 1.29 is 28.5 Å². The number of aromatic nitrogens is 1. The second-order valence-corrected chi connectivity index (χ2v) is 9.10. The van der Waals surface area contributed by atoms with Crippen LogP contribution in [-0.4, -0.2) is 52.2 Å². The van der Waals surface area contributed by atoms with Crippen LogP contribution in [0.25, 0.3) is 6.08 Å². The van der Waals surface area contributed by atoms with Crippen molar-refractivity contribution in [2.24, 2.45) is 4.99 Å². The molecule has 1 aromatic heterocycles. The lowest BCUT2D eigenvalue weighted by Crippen LogP contribution is -2.40. The van der Waals surface area contributed by atoms with Gasteiger partial charge in [0.15, 0.2) is 4.80 Å². The van der Waals surface area contributed by atoms with Gasteiger partial charge in [-0.3, -0.25) is 9.36 Å². The minimum Gasteiger partial charge on any atom is -0.497 e. The highest BCUT2D eigenvalue weighted by atomic mass is 32.1. The molecule has 1 aliphatic heterocycles. The van der Waals surface area contributed by atoms with Gasteiger partial charge in [-0.2, -0.15) is 0 Å². The van der Waals surface area contributed by atoms with Crippen LogP contribution in [0.1, 0.15) is 24.1 Å². The Balaban J connectivity index is 1.90. The van der Waals surface area contributed by atoms with Crippen molar-refractivity contribution in [2.75, 3.05) is 41.7 Å². The molecule has 3 aromatic rings. The molecule has 10 heteroatoms. The zero-order valence-electron chi connectivity index (χ0n) is 21.3. The van der Waals surface area contributed by atoms with Gasteiger partial charge in [0.25, 0.3) is 5.56 Å². The number of thiazole rings is 1. The smallest absolute Gasteiger partial charge is 0.338 e. The van der Waals surface area contributed by atoms with Crippen molar-refractivity contribution in [2.45, 2.75) is 13.0 Å². The zero-order valence-corrected chi connectivity index (χ0v) is 22.1. The first-order chi connectivity index (χ1) is 17.9. The number of methoxy groups -OCH3 is 4. The molecule has 0 amide bonds. The molecule has 0 radical (unpaired) electrons. The Morgan fingerprint density at radius 2 is 1.70 bits per heavy atom. The van der Waals surface area contributed by atoms with Crippen LogP contribution < -0.4 is 29.1 Å². The number of rotatable bonds is 9. The van der Waals surface area contributed by atoms with Crippen LogP contribution in [0.5, 0.6) is 17.2 Å². The van der Waals surface area contributed by atoms with E-state index >= 15 is 0 Å². The standard InChI is InChI=1S/C27H28N2O7S/c1-16-23(26(31)36-13-12-32-2)24(17-6-8-19(33-3)9-7-17)29-25(30)22(37-27(29)28-16)15-18-14-20(34-4)10-11-21(18)35-5/h6-11,14-15,24H,12-13H2,1-5H3/b22-15+/t24-/m1/s1. The van der Waals surface area contributed by atoms with Gasteiger partial charge in [0, 0.05) is 12.7 Å². The second kappa shape index (κ2) is 11.4. The third kappa shape index (κ3) is 5.30. The van der Waals surface area contributed by atoms with E-state index in [0.29, 0.717) is 43.4 Å². The van der Waals surface area contributed by atoms with Crippen molar-refractivity contribution in [1.29, 1.82) is 0 Å². The molecular weight excluding hydrogens is 496 g/mol. The van der Waals surface area contributed by atoms with Gasteiger partial charge in [-0.15, -0.1) is 0 Å². The van der Waals surface area contributed by atoms with E-state index in [4.69, 9.17) is 23.7 Å². The van der Waals surface area contributed by atoms with Crippen LogP contribution in [0, 0.1) is 0 Å². The van der Waals surface area contributed by atoms with E-state index in [0.717, 1.165) is 5.56 Å². The Labute approximate surface area is 217 Å². The number of allylic oxidation sites excluding steroid dienone is 1. The molecule has 9 nitrogen and oxygen atoms in total. The molecule has 4 rings (SSSR count). The number of benzene rings is 2. The van der Waals surface area contributed by atoms with Gasteiger partial charge in [0.05, 0.1) is 49.8 Å². The summed E-state index contributed by atoms with van der Waals surface area (Å²) in [6, 6.07) is 11.9. The van der Waals surface area contributed by atoms with E-state index in [-0.39, 0.29) is 18.8 Å². The summed E-state index contributed by atoms with van der Waals surface area (Å²) in [6.07, 6.45) is 1.74. The van der Waals surface area contributed by atoms with E-state index in [9.17, 15) is 9.59 Å². The van der Waals surface area contributed by atoms with Crippen LogP contribution in [-0.2, 0) is 14.3 Å². The summed E-state index contributed by atoms with van der Waals surface area (Å²) >= 11 is 1.24. The highest BCUT2D eigenvalue weighted by Gasteiger charge is 2.33. The highest BCUT2D eigenvalue weighted by Crippen LogP contribution is 2.32. The first-order valence-electron chi connectivity index (χ1n) is 11.5. The Morgan fingerprint density at radius 1 is 1.00 bits per heavy atom. The van der Waals surface area contributed by atoms with Crippen LogP contribution >= 0.6 is 11.3 Å². The summed E-state index contributed by atoms with van der Waals surface area (Å²) in [4.78, 5) is 32.1. The average Bonchev–Trinajstić information content (AvgIpc) is 3.21. The lowest BCUT2D eigenvalue weighted by molar-refractivity contribution is -0.140. The number of carbonyl (C=O) groups is 1. The van der Waals surface area contributed by atoms with Crippen molar-refractivity contribution in [3.8, 4) is 17.2 Å². The molecule has 2 aromatic carbocycles. The molecule has 0 spiro atoms. The summed E-state index contributed by atoms with van der Waals surface area (Å²) < 4.78 is 28.5. The number of hydrogen-bond acceptors (Lipinski definition) is 9. The largest absolute Gasteiger partial charge is 0.497 e. The maximum atomic E-state index is 13.8. The topological polar surface area (TPSA) is 97.6 Å². The van der Waals surface area contributed by atoms with Crippen molar-refractivity contribution in [3.05, 3.63) is 84.5 Å². The maximum Gasteiger partial charge on any atom is 0.338 e. The molecule has 0 saturated heterocycles. The molecule has 0 unspecified atom stereocenters. The predicted molar refractivity (Wildman–Crippen MR) is 139 cm³/mol. The summed E-state index contributed by atoms with van der Waals surface area (Å²) in [5.74, 6) is 1.33. The van der Waals surface area contributed by atoms with Gasteiger partial charge in [-0.1, -0.05) is 23.5 Å². The van der Waals surface area contributed by atoms with Crippen LogP contribution in [0.3, 0.4) is 0 Å². The second-order valence-electron chi connectivity index (χ2n) is 8.09. The number of hydrogen-bond donors (Lipinski definition) is 0. The number of esters is 1. The predicted octanol–water partition coefficient (Wildman–Crippen LogP) is 2.45. The lowest BCUT2D eigenvalue weighted by Gasteiger charge is -2.25. The summed E-state index contributed by atoms with van der Waals surface area (Å²) in [6.45, 7) is 2.08. The summed E-state index contributed by atoms with van der Waals surface area (Å²) in [5.41, 5.74) is 1.89. The number of carbonyl (C=O) groups excluding carboxylic acids is 1. The molecular formula is C27H28N2O7S. The third-order valence-corrected chi connectivity index (χ3v) is 6.90. The normalized spacial score (nSPS) is 15.2. The van der Waals surface area contributed by atoms with Gasteiger partial charge in [-0.05, 0) is 48.9 Å². The molecule has 1 aliphatic rings. The van der Waals surface area contributed by atoms with Crippen molar-refractivity contribution in [1.82, 2.24) is 4.57 Å². The monoisotopic (exact) mass is 524 g/mol. The minimum absolute atomic E-state index is 0.0848. The number of ether oxygens (including phenoxy) is 5. The molecule has 0 N–H and O–H groups in total. The zero-order chi connectivity index (χ0) is 26.5. The molecule has 1 atom stereocenters. The molecule has 0 aliphatic carbocycles. The van der Waals surface area contributed by atoms with Crippen molar-refractivity contribution in [3.63, 3.8) is 0 Å². The molecule has 37 heavy (non-hydrogen) atoms. The Kier molecular flexibility index (Phi) is 8.10. The maximum absolute atomic E-state index is 13.8. The van der Waals surface area contributed by atoms with E-state index in [1.54, 1.807) is 64.7 Å². The Morgan fingerprint density at radius 3 is 2.35 bits per heavy atom. The van der Waals surface area contributed by atoms with E-state index < -0.39 is 12.0 Å². The fraction of sp³-hybridized carbons (Fsp3) is 0.296. The Bertz CT molecular complexity index is 1500. The molecule has 0 fully saturated rings. The average molecular weight is 525 g/mol. The summed E-state index contributed by atoms with van der Waals surface area (Å²) in [7, 11) is 6.24. The fourth-order valence-corrected chi connectivity index (χ4v) is 5.11. The van der Waals surface area contributed by atoms with Gasteiger partial charge in [0.1, 0.15) is 23.9 Å². The quantitative estimate of drug-likeness (QED) is 0.313. The first kappa shape index (κ1) is 26.2. The molecule has 0 bridgehead atoms. The third-order valence-electron chi connectivity index (χ3n) is 5.92. The summed E-state index contributed by atoms with van der Waals surface area (Å²) in [5, 5.41) is 0. The Hall–Kier alpha value is -3.89. The first-order valence-corrected chi connectivity index (χ1v) is 12.3. The van der Waals surface area contributed by atoms with Gasteiger partial charge >= 0.3 is 5.97 Å². The lowest BCUT2D eigenvalue weighted by atomic mass is 9.96. The van der Waals surface area contributed by atoms with E-state index in [1.165, 1.54) is 23.0 Å². The number of nitrogens with zero attached hydrogens (tertiary/aromatic N) is 2. The molecule has 0 saturated carbocycles. The van der Waals surface area contributed by atoms with Gasteiger partial charge in [-0.25, -0.2) is 9.79 Å². The van der Waals surface area contributed by atoms with E-state index in [1.807, 2.05) is 12.1 Å². The highest BCUT2D eigenvalue weighted by molar-refractivity contribution is 7.07. The van der Waals surface area contributed by atoms with Crippen LogP contribution in [0.4, 0.5) is 0 Å². The number of fused-ring (bicyclic) bond motifs is 1. The minimum atomic E-state index is -0.730. The fourth-order valence-electron chi connectivity index (χ4n) is 4.07. The SMILES string of the molecule is COCCOC(=O)C1=C(C)N=c2s/c(=C/c3cc(OC)ccc3OC)c(=O)n2[C@@H]1c1ccc(OC)cc1. The van der Waals surface area contributed by atoms with E-state index in [2.05, 4.69) is 4.99 Å².